The van der Waals surface area contributed by atoms with E-state index in [9.17, 15) is 5.41 Å². The fourth-order valence-corrected chi connectivity index (χ4v) is 0.914. The number of ether oxygens (including phenoxy) is 1. The number of hydrogen-bond donors (Lipinski definition) is 0. The van der Waals surface area contributed by atoms with Crippen LogP contribution < -0.4 is 0 Å². The molecule has 1 aromatic rings. The molecule has 0 aliphatic carbocycles. The molecule has 1 aromatic carbocycles. The fourth-order valence-electron chi connectivity index (χ4n) is 0.914. The molecule has 0 aromatic heterocycles. The molecule has 0 heterocycles. The molecule has 0 bridgehead atoms. The van der Waals surface area contributed by atoms with E-state index in [0.717, 1.165) is 5.56 Å². The summed E-state index contributed by atoms with van der Waals surface area (Å²) in [6.45, 7) is 25.0. The maximum absolute atomic E-state index is 9.50. The molecule has 0 unspecified atom stereocenters. The Kier molecular flexibility index (Phi) is 78.3. The Morgan fingerprint density at radius 2 is 1.29 bits per heavy atom. The van der Waals surface area contributed by atoms with E-state index in [-0.39, 0.29) is 23.1 Å². The van der Waals surface area contributed by atoms with E-state index in [1.54, 1.807) is 6.08 Å². The maximum Gasteiger partial charge on any atom is 0 e. The normalized spacial score (nSPS) is 5.96. The Hall–Kier alpha value is -2.34. The van der Waals surface area contributed by atoms with E-state index in [4.69, 9.17) is 28.0 Å². The second-order valence-electron chi connectivity index (χ2n) is 2.51. The van der Waals surface area contributed by atoms with Crippen LogP contribution in [0.3, 0.4) is 0 Å². The van der Waals surface area contributed by atoms with Gasteiger partial charge in [-0.15, -0.1) is 5.71 Å². The zero-order valence-electron chi connectivity index (χ0n) is 12.6. The molecule has 0 aliphatic rings. The molecule has 124 valence electrons. The molecule has 0 saturated heterocycles. The van der Waals surface area contributed by atoms with Crippen molar-refractivity contribution in [2.75, 3.05) is 6.61 Å². The smallest absolute Gasteiger partial charge is 0 e. The summed E-state index contributed by atoms with van der Waals surface area (Å²) in [6.07, 6.45) is 3.03. The van der Waals surface area contributed by atoms with Gasteiger partial charge in [-0.25, -0.2) is 0 Å². The number of hydrogen-bond acceptors (Lipinski definition) is 1. The fraction of sp³-hybridized carbons (Fsp3) is 0.125. The summed E-state index contributed by atoms with van der Waals surface area (Å²) in [7, 11) is 0. The van der Waals surface area contributed by atoms with Crippen molar-refractivity contribution in [3.63, 3.8) is 0 Å². The van der Waals surface area contributed by atoms with E-state index < -0.39 is 0 Å². The van der Waals surface area contributed by atoms with Crippen molar-refractivity contribution >= 4 is 5.71 Å². The molecular formula is C16H12CrNO6-. The van der Waals surface area contributed by atoms with Crippen LogP contribution in [0.5, 0.6) is 0 Å². The number of benzene rings is 1. The van der Waals surface area contributed by atoms with Gasteiger partial charge in [0, 0.05) is 17.4 Å². The van der Waals surface area contributed by atoms with Gasteiger partial charge < -0.3 is 10.1 Å². The molecule has 0 saturated carbocycles. The van der Waals surface area contributed by atoms with Gasteiger partial charge in [-0.05, 0) is 18.6 Å². The molecule has 7 nitrogen and oxygen atoms in total. The SMILES string of the molecule is CCO/C=C/C(=[N-])c1ccccc1.[C-]#[O+].[C-]#[O+].[C-]#[O+].[C-]#[O+].[C-]#[O+].[Cr]. The van der Waals surface area contributed by atoms with Gasteiger partial charge in [0.25, 0.3) is 0 Å². The van der Waals surface area contributed by atoms with Gasteiger partial charge in [-0.2, -0.15) is 0 Å². The summed E-state index contributed by atoms with van der Waals surface area (Å²) < 4.78 is 42.5. The third-order valence-corrected chi connectivity index (χ3v) is 1.56. The third kappa shape index (κ3) is 31.9. The Morgan fingerprint density at radius 1 is 0.917 bits per heavy atom. The van der Waals surface area contributed by atoms with Crippen LogP contribution in [0.2, 0.25) is 0 Å². The van der Waals surface area contributed by atoms with Crippen LogP contribution in [-0.2, 0) is 45.4 Å². The van der Waals surface area contributed by atoms with Gasteiger partial charge in [0.1, 0.15) is 0 Å². The molecule has 0 aliphatic heterocycles. The van der Waals surface area contributed by atoms with Crippen molar-refractivity contribution in [1.82, 2.24) is 0 Å². The van der Waals surface area contributed by atoms with Crippen molar-refractivity contribution in [2.24, 2.45) is 0 Å². The molecule has 8 heteroatoms. The summed E-state index contributed by atoms with van der Waals surface area (Å²) >= 11 is 0. The molecular weight excluding hydrogens is 354 g/mol. The summed E-state index contributed by atoms with van der Waals surface area (Å²) in [6, 6.07) is 9.33. The minimum Gasteiger partial charge on any atom is 0 e. The Balaban J connectivity index is -0.0000000634. The van der Waals surface area contributed by atoms with Crippen LogP contribution in [0.1, 0.15) is 12.5 Å². The Labute approximate surface area is 151 Å². The first kappa shape index (κ1) is 37.7. The molecule has 24 heavy (non-hydrogen) atoms. The second-order valence-corrected chi connectivity index (χ2v) is 2.51. The van der Waals surface area contributed by atoms with E-state index >= 15 is 0 Å². The van der Waals surface area contributed by atoms with Crippen LogP contribution >= 0.6 is 0 Å². The van der Waals surface area contributed by atoms with Gasteiger partial charge in [0.15, 0.2) is 0 Å². The predicted molar refractivity (Wildman–Crippen MR) is 74.3 cm³/mol. The molecule has 0 radical (unpaired) electrons. The molecule has 0 spiro atoms. The van der Waals surface area contributed by atoms with Gasteiger partial charge in [0.2, 0.25) is 0 Å². The van der Waals surface area contributed by atoms with E-state index in [0.29, 0.717) is 6.61 Å². The average Bonchev–Trinajstić information content (AvgIpc) is 2.70. The monoisotopic (exact) mass is 366 g/mol. The standard InChI is InChI=1S/C11H12NO.5CO.Cr/c1-2-13-9-8-11(12)10-6-4-3-5-7-10;5*1-2;/h3-9H,2H2,1H3;;;;;;/q-1;;;;;;/b9-8+;;;;;;. The molecule has 0 fully saturated rings. The first-order valence-electron chi connectivity index (χ1n) is 5.26. The average molecular weight is 366 g/mol. The van der Waals surface area contributed by atoms with Crippen LogP contribution in [-0.4, -0.2) is 12.3 Å². The van der Waals surface area contributed by atoms with Gasteiger partial charge >= 0.3 is 56.5 Å². The van der Waals surface area contributed by atoms with Crippen molar-refractivity contribution in [3.8, 4) is 0 Å². The van der Waals surface area contributed by atoms with Gasteiger partial charge in [-0.3, -0.25) is 0 Å². The Morgan fingerprint density at radius 3 is 1.62 bits per heavy atom. The summed E-state index contributed by atoms with van der Waals surface area (Å²) in [5.74, 6) is 0. The first-order valence-corrected chi connectivity index (χ1v) is 5.26. The number of allylic oxidation sites excluding steroid dienone is 1. The van der Waals surface area contributed by atoms with E-state index in [2.05, 4.69) is 33.3 Å². The molecule has 1 rings (SSSR count). The van der Waals surface area contributed by atoms with Crippen LogP contribution in [0.4, 0.5) is 0 Å². The third-order valence-electron chi connectivity index (χ3n) is 1.56. The van der Waals surface area contributed by atoms with Gasteiger partial charge in [-0.1, -0.05) is 30.3 Å². The number of rotatable bonds is 4. The zero-order valence-corrected chi connectivity index (χ0v) is 13.8. The minimum atomic E-state index is 0. The molecule has 0 amide bonds. The molecule has 0 atom stereocenters. The van der Waals surface area contributed by atoms with Crippen molar-refractivity contribution < 1.29 is 45.4 Å². The van der Waals surface area contributed by atoms with Crippen molar-refractivity contribution in [2.45, 2.75) is 6.92 Å². The zero-order chi connectivity index (χ0) is 19.5. The predicted octanol–water partition coefficient (Wildman–Crippen LogP) is 2.41. The second kappa shape index (κ2) is 49.8. The van der Waals surface area contributed by atoms with Gasteiger partial charge in [0.05, 0.1) is 12.9 Å². The first-order chi connectivity index (χ1) is 11.3. The van der Waals surface area contributed by atoms with Crippen molar-refractivity contribution in [1.29, 1.82) is 0 Å². The topological polar surface area (TPSA) is 131 Å². The Bertz CT molecular complexity index is 454. The van der Waals surface area contributed by atoms with E-state index in [1.807, 2.05) is 37.3 Å². The summed E-state index contributed by atoms with van der Waals surface area (Å²) in [5.41, 5.74) is 1.01. The van der Waals surface area contributed by atoms with E-state index in [1.165, 1.54) is 6.26 Å². The van der Waals surface area contributed by atoms with Crippen LogP contribution in [0.15, 0.2) is 42.7 Å². The van der Waals surface area contributed by atoms with Crippen LogP contribution in [0.25, 0.3) is 5.41 Å². The minimum absolute atomic E-state index is 0. The molecule has 0 N–H and O–H groups in total. The maximum atomic E-state index is 9.50. The summed E-state index contributed by atoms with van der Waals surface area (Å²) in [4.78, 5) is 0. The van der Waals surface area contributed by atoms with Crippen molar-refractivity contribution in [3.05, 3.63) is 86.9 Å². The van der Waals surface area contributed by atoms with Crippen LogP contribution in [0, 0.1) is 33.3 Å². The number of nitrogens with zero attached hydrogens (tertiary/aromatic N) is 1. The largest absolute Gasteiger partial charge is 0 e. The summed E-state index contributed by atoms with van der Waals surface area (Å²) in [5, 5.41) is 9.50. The quantitative estimate of drug-likeness (QED) is 0.344.